The fourth-order valence-electron chi connectivity index (χ4n) is 2.31. The summed E-state index contributed by atoms with van der Waals surface area (Å²) in [4.78, 5) is 24.5. The van der Waals surface area contributed by atoms with E-state index in [9.17, 15) is 19.8 Å². The maximum atomic E-state index is 12.6. The van der Waals surface area contributed by atoms with Gasteiger partial charge in [-0.2, -0.15) is 0 Å². The van der Waals surface area contributed by atoms with Gasteiger partial charge in [0, 0.05) is 11.1 Å². The van der Waals surface area contributed by atoms with Crippen molar-refractivity contribution >= 4 is 22.7 Å². The molecule has 0 aliphatic heterocycles. The zero-order valence-corrected chi connectivity index (χ0v) is 11.5. The SMILES string of the molecule is O=C1C=C(c2ccc(O)cc2)C(=O)C(c2ccc(O)cc2)=C1. The van der Waals surface area contributed by atoms with Crippen molar-refractivity contribution in [1.29, 1.82) is 0 Å². The van der Waals surface area contributed by atoms with E-state index in [1.165, 1.54) is 36.4 Å². The van der Waals surface area contributed by atoms with Crippen LogP contribution >= 0.6 is 0 Å². The van der Waals surface area contributed by atoms with Crippen molar-refractivity contribution in [2.24, 2.45) is 0 Å². The first-order valence-electron chi connectivity index (χ1n) is 6.65. The minimum Gasteiger partial charge on any atom is -0.508 e. The van der Waals surface area contributed by atoms with E-state index >= 15 is 0 Å². The van der Waals surface area contributed by atoms with Crippen LogP contribution in [0.25, 0.3) is 11.1 Å². The molecule has 0 bridgehead atoms. The Labute approximate surface area is 126 Å². The number of rotatable bonds is 2. The largest absolute Gasteiger partial charge is 0.508 e. The molecule has 0 aromatic heterocycles. The first-order valence-corrected chi connectivity index (χ1v) is 6.65. The third kappa shape index (κ3) is 2.54. The molecule has 0 saturated heterocycles. The summed E-state index contributed by atoms with van der Waals surface area (Å²) < 4.78 is 0. The molecule has 1 aliphatic carbocycles. The molecule has 0 fully saturated rings. The van der Waals surface area contributed by atoms with Crippen LogP contribution in [0.1, 0.15) is 11.1 Å². The average molecular weight is 292 g/mol. The maximum absolute atomic E-state index is 12.6. The van der Waals surface area contributed by atoms with E-state index in [0.29, 0.717) is 11.1 Å². The number of allylic oxidation sites excluding steroid dienone is 4. The monoisotopic (exact) mass is 292 g/mol. The number of carbonyl (C=O) groups excluding carboxylic acids is 2. The molecule has 0 saturated carbocycles. The van der Waals surface area contributed by atoms with E-state index in [0.717, 1.165) is 0 Å². The predicted molar refractivity (Wildman–Crippen MR) is 82.2 cm³/mol. The molecule has 0 atom stereocenters. The van der Waals surface area contributed by atoms with Crippen molar-refractivity contribution in [2.45, 2.75) is 0 Å². The summed E-state index contributed by atoms with van der Waals surface area (Å²) in [6.07, 6.45) is 2.58. The highest BCUT2D eigenvalue weighted by Gasteiger charge is 2.24. The van der Waals surface area contributed by atoms with E-state index in [-0.39, 0.29) is 34.2 Å². The number of Topliss-reactive ketones (excluding diaryl/α,β-unsaturated/α-hetero) is 1. The molecular weight excluding hydrogens is 280 g/mol. The van der Waals surface area contributed by atoms with Crippen LogP contribution < -0.4 is 0 Å². The Balaban J connectivity index is 2.02. The van der Waals surface area contributed by atoms with E-state index < -0.39 is 0 Å². The van der Waals surface area contributed by atoms with Crippen LogP contribution in [-0.4, -0.2) is 21.8 Å². The standard InChI is InChI=1S/C18H12O4/c19-13-5-1-11(2-6-13)16-9-15(21)10-17(18(16)22)12-3-7-14(20)8-4-12/h1-10,19-20H. The second-order valence-electron chi connectivity index (χ2n) is 4.94. The second kappa shape index (κ2) is 5.33. The van der Waals surface area contributed by atoms with Crippen molar-refractivity contribution < 1.29 is 19.8 Å². The van der Waals surface area contributed by atoms with Crippen LogP contribution in [0.15, 0.2) is 60.7 Å². The Kier molecular flexibility index (Phi) is 3.35. The van der Waals surface area contributed by atoms with E-state index in [1.54, 1.807) is 24.3 Å². The summed E-state index contributed by atoms with van der Waals surface area (Å²) in [5.74, 6) is -0.358. The lowest BCUT2D eigenvalue weighted by Crippen LogP contribution is -2.12. The maximum Gasteiger partial charge on any atom is 0.194 e. The lowest BCUT2D eigenvalue weighted by molar-refractivity contribution is -0.112. The molecule has 0 unspecified atom stereocenters. The fraction of sp³-hybridized carbons (Fsp3) is 0. The predicted octanol–water partition coefficient (Wildman–Crippen LogP) is 2.72. The van der Waals surface area contributed by atoms with Gasteiger partial charge >= 0.3 is 0 Å². The van der Waals surface area contributed by atoms with Gasteiger partial charge in [-0.25, -0.2) is 0 Å². The Bertz CT molecular complexity index is 742. The zero-order valence-electron chi connectivity index (χ0n) is 11.5. The van der Waals surface area contributed by atoms with Gasteiger partial charge in [0.15, 0.2) is 11.6 Å². The van der Waals surface area contributed by atoms with Gasteiger partial charge < -0.3 is 10.2 Å². The van der Waals surface area contributed by atoms with Crippen molar-refractivity contribution in [3.63, 3.8) is 0 Å². The highest BCUT2D eigenvalue weighted by atomic mass is 16.3. The van der Waals surface area contributed by atoms with Gasteiger partial charge in [-0.1, -0.05) is 24.3 Å². The molecule has 0 radical (unpaired) electrons. The number of hydrogen-bond acceptors (Lipinski definition) is 4. The minimum absolute atomic E-state index is 0.0910. The summed E-state index contributed by atoms with van der Waals surface area (Å²) in [7, 11) is 0. The van der Waals surface area contributed by atoms with Gasteiger partial charge in [-0.15, -0.1) is 0 Å². The van der Waals surface area contributed by atoms with Crippen LogP contribution in [-0.2, 0) is 9.59 Å². The van der Waals surface area contributed by atoms with Gasteiger partial charge in [-0.3, -0.25) is 9.59 Å². The number of benzene rings is 2. The van der Waals surface area contributed by atoms with Crippen molar-refractivity contribution in [2.75, 3.05) is 0 Å². The summed E-state index contributed by atoms with van der Waals surface area (Å²) in [5, 5.41) is 18.6. The minimum atomic E-state index is -0.272. The van der Waals surface area contributed by atoms with Crippen molar-refractivity contribution in [3.8, 4) is 11.5 Å². The summed E-state index contributed by atoms with van der Waals surface area (Å²) in [5.41, 5.74) is 1.72. The van der Waals surface area contributed by atoms with Gasteiger partial charge in [0.25, 0.3) is 0 Å². The van der Waals surface area contributed by atoms with Crippen LogP contribution in [0.4, 0.5) is 0 Å². The number of phenolic OH excluding ortho intramolecular Hbond substituents is 2. The normalized spacial score (nSPS) is 14.5. The molecule has 2 N–H and O–H groups in total. The molecule has 22 heavy (non-hydrogen) atoms. The fourth-order valence-corrected chi connectivity index (χ4v) is 2.31. The summed E-state index contributed by atoms with van der Waals surface area (Å²) in [6.45, 7) is 0. The number of ketones is 2. The van der Waals surface area contributed by atoms with Crippen LogP contribution in [0.2, 0.25) is 0 Å². The van der Waals surface area contributed by atoms with E-state index in [1.807, 2.05) is 0 Å². The van der Waals surface area contributed by atoms with Crippen LogP contribution in [0.5, 0.6) is 11.5 Å². The Hall–Kier alpha value is -3.14. The van der Waals surface area contributed by atoms with Gasteiger partial charge in [0.1, 0.15) is 11.5 Å². The molecule has 0 amide bonds. The van der Waals surface area contributed by atoms with E-state index in [2.05, 4.69) is 0 Å². The lowest BCUT2D eigenvalue weighted by atomic mass is 9.87. The average Bonchev–Trinajstić information content (AvgIpc) is 2.51. The molecule has 2 aromatic carbocycles. The van der Waals surface area contributed by atoms with Crippen LogP contribution in [0, 0.1) is 0 Å². The smallest absolute Gasteiger partial charge is 0.194 e. The molecule has 108 valence electrons. The molecule has 3 rings (SSSR count). The molecule has 2 aromatic rings. The number of phenols is 2. The number of carbonyl (C=O) groups is 2. The van der Waals surface area contributed by atoms with Crippen molar-refractivity contribution in [1.82, 2.24) is 0 Å². The Morgan fingerprint density at radius 3 is 1.32 bits per heavy atom. The Morgan fingerprint density at radius 1 is 0.591 bits per heavy atom. The molecule has 0 spiro atoms. The summed E-state index contributed by atoms with van der Waals surface area (Å²) >= 11 is 0. The molecular formula is C18H12O4. The molecule has 0 heterocycles. The van der Waals surface area contributed by atoms with Gasteiger partial charge in [0.05, 0.1) is 0 Å². The molecule has 4 nitrogen and oxygen atoms in total. The van der Waals surface area contributed by atoms with Crippen LogP contribution in [0.3, 0.4) is 0 Å². The third-order valence-electron chi connectivity index (χ3n) is 3.42. The highest BCUT2D eigenvalue weighted by molar-refractivity contribution is 6.48. The van der Waals surface area contributed by atoms with Gasteiger partial charge in [-0.05, 0) is 47.5 Å². The molecule has 4 heteroatoms. The lowest BCUT2D eigenvalue weighted by Gasteiger charge is -2.14. The topological polar surface area (TPSA) is 74.6 Å². The Morgan fingerprint density at radius 2 is 0.955 bits per heavy atom. The second-order valence-corrected chi connectivity index (χ2v) is 4.94. The van der Waals surface area contributed by atoms with Gasteiger partial charge in [0.2, 0.25) is 0 Å². The number of aromatic hydroxyl groups is 2. The quantitative estimate of drug-likeness (QED) is 0.835. The highest BCUT2D eigenvalue weighted by Crippen LogP contribution is 2.30. The molecule has 1 aliphatic rings. The third-order valence-corrected chi connectivity index (χ3v) is 3.42. The zero-order chi connectivity index (χ0) is 15.7. The number of hydrogen-bond donors (Lipinski definition) is 2. The summed E-state index contributed by atoms with van der Waals surface area (Å²) in [6, 6.07) is 12.2. The van der Waals surface area contributed by atoms with E-state index in [4.69, 9.17) is 0 Å². The van der Waals surface area contributed by atoms with Crippen molar-refractivity contribution in [3.05, 3.63) is 71.8 Å². The first kappa shape index (κ1) is 13.8. The first-order chi connectivity index (χ1) is 10.5.